The summed E-state index contributed by atoms with van der Waals surface area (Å²) in [5, 5.41) is 11.7. The Morgan fingerprint density at radius 3 is 2.53 bits per heavy atom. The molecule has 0 bridgehead atoms. The Kier molecular flexibility index (Phi) is 8.48. The lowest BCUT2D eigenvalue weighted by atomic mass is 9.94. The minimum atomic E-state index is -0.834. The fourth-order valence-corrected chi connectivity index (χ4v) is 5.34. The number of hydrogen-bond donors (Lipinski definition) is 1. The number of aromatic nitrogens is 1. The second-order valence-corrected chi connectivity index (χ2v) is 10.4. The molecular weight excluding hydrogens is 504 g/mol. The van der Waals surface area contributed by atoms with Gasteiger partial charge in [-0.3, -0.25) is 9.59 Å². The third-order valence-electron chi connectivity index (χ3n) is 6.18. The fourth-order valence-electron chi connectivity index (χ4n) is 4.32. The third kappa shape index (κ3) is 5.44. The third-order valence-corrected chi connectivity index (χ3v) is 7.39. The molecule has 0 radical (unpaired) electrons. The molecule has 1 atom stereocenters. The first-order chi connectivity index (χ1) is 18.3. The van der Waals surface area contributed by atoms with Gasteiger partial charge in [0, 0.05) is 19.2 Å². The van der Waals surface area contributed by atoms with Gasteiger partial charge in [0.1, 0.15) is 5.01 Å². The summed E-state index contributed by atoms with van der Waals surface area (Å²) in [5.41, 5.74) is 2.06. The molecule has 1 unspecified atom stereocenters. The molecule has 0 spiro atoms. The first-order valence-corrected chi connectivity index (χ1v) is 13.2. The first-order valence-electron chi connectivity index (χ1n) is 12.4. The van der Waals surface area contributed by atoms with Crippen molar-refractivity contribution in [3.63, 3.8) is 0 Å². The number of nitrogens with zero attached hydrogens (tertiary/aromatic N) is 2. The molecule has 8 nitrogen and oxygen atoms in total. The quantitative estimate of drug-likeness (QED) is 0.328. The van der Waals surface area contributed by atoms with Crippen molar-refractivity contribution >= 4 is 23.0 Å². The van der Waals surface area contributed by atoms with Gasteiger partial charge in [-0.1, -0.05) is 50.2 Å². The molecule has 2 aromatic carbocycles. The van der Waals surface area contributed by atoms with Gasteiger partial charge in [0.2, 0.25) is 5.78 Å². The van der Waals surface area contributed by atoms with Crippen molar-refractivity contribution < 1.29 is 28.9 Å². The molecule has 3 aromatic rings. The zero-order valence-corrected chi connectivity index (χ0v) is 23.0. The minimum Gasteiger partial charge on any atom is -0.503 e. The standard InChI is InChI=1S/C29H32N2O6S/c1-17(2)16-37-22-15-20(11-12-21(22)36-5)24-23(26(33)29(34)31(24)13-14-35-4)25(32)27-18(3)30-28(38-27)19-9-7-6-8-10-19/h6-12,15,17,24,33H,13-14,16H2,1-5H3. The summed E-state index contributed by atoms with van der Waals surface area (Å²) in [6.45, 7) is 6.72. The average Bonchev–Trinajstić information content (AvgIpc) is 3.43. The van der Waals surface area contributed by atoms with E-state index in [1.54, 1.807) is 32.2 Å². The lowest BCUT2D eigenvalue weighted by Gasteiger charge is -2.27. The van der Waals surface area contributed by atoms with Gasteiger partial charge in [-0.25, -0.2) is 4.98 Å². The van der Waals surface area contributed by atoms with E-state index >= 15 is 0 Å². The van der Waals surface area contributed by atoms with Gasteiger partial charge in [-0.2, -0.15) is 0 Å². The normalized spacial score (nSPS) is 15.5. The van der Waals surface area contributed by atoms with Gasteiger partial charge >= 0.3 is 0 Å². The molecule has 1 N–H and O–H groups in total. The van der Waals surface area contributed by atoms with Crippen LogP contribution in [0.15, 0.2) is 59.9 Å². The molecule has 38 heavy (non-hydrogen) atoms. The number of thiazole rings is 1. The van der Waals surface area contributed by atoms with Crippen molar-refractivity contribution in [2.75, 3.05) is 34.0 Å². The molecule has 0 saturated carbocycles. The van der Waals surface area contributed by atoms with E-state index in [-0.39, 0.29) is 24.6 Å². The number of ether oxygens (including phenoxy) is 3. The van der Waals surface area contributed by atoms with Crippen molar-refractivity contribution in [3.05, 3.63) is 76.0 Å². The summed E-state index contributed by atoms with van der Waals surface area (Å²) in [6, 6.07) is 14.0. The molecule has 9 heteroatoms. The maximum atomic E-state index is 14.0. The molecule has 0 fully saturated rings. The Morgan fingerprint density at radius 2 is 1.87 bits per heavy atom. The van der Waals surface area contributed by atoms with Crippen molar-refractivity contribution in [2.45, 2.75) is 26.8 Å². The molecule has 1 aliphatic heterocycles. The number of ketones is 1. The van der Waals surface area contributed by atoms with Crippen LogP contribution in [0.1, 0.15) is 40.8 Å². The topological polar surface area (TPSA) is 98.2 Å². The summed E-state index contributed by atoms with van der Waals surface area (Å²) in [5.74, 6) is -0.306. The smallest absolute Gasteiger partial charge is 0.290 e. The molecule has 200 valence electrons. The number of aliphatic hydroxyl groups excluding tert-OH is 1. The highest BCUT2D eigenvalue weighted by Gasteiger charge is 2.44. The summed E-state index contributed by atoms with van der Waals surface area (Å²) < 4.78 is 16.7. The number of rotatable bonds is 11. The zero-order valence-electron chi connectivity index (χ0n) is 22.2. The number of aryl methyl sites for hydroxylation is 1. The summed E-state index contributed by atoms with van der Waals surface area (Å²) >= 11 is 1.24. The Bertz CT molecular complexity index is 1350. The van der Waals surface area contributed by atoms with Crippen LogP contribution < -0.4 is 9.47 Å². The van der Waals surface area contributed by atoms with Gasteiger partial charge in [0.25, 0.3) is 5.91 Å². The summed E-state index contributed by atoms with van der Waals surface area (Å²) in [4.78, 5) is 33.6. The van der Waals surface area contributed by atoms with E-state index < -0.39 is 23.5 Å². The summed E-state index contributed by atoms with van der Waals surface area (Å²) in [7, 11) is 3.09. The van der Waals surface area contributed by atoms with Crippen LogP contribution in [0.5, 0.6) is 11.5 Å². The first kappa shape index (κ1) is 27.3. The van der Waals surface area contributed by atoms with E-state index in [1.807, 2.05) is 44.2 Å². The maximum Gasteiger partial charge on any atom is 0.290 e. The Labute approximate surface area is 226 Å². The highest BCUT2D eigenvalue weighted by atomic mass is 32.1. The number of methoxy groups -OCH3 is 2. The highest BCUT2D eigenvalue weighted by molar-refractivity contribution is 7.17. The number of carbonyl (C=O) groups excluding carboxylic acids is 2. The largest absolute Gasteiger partial charge is 0.503 e. The number of aliphatic hydroxyl groups is 1. The molecule has 1 amide bonds. The SMILES string of the molecule is COCCN1C(=O)C(O)=C(C(=O)c2sc(-c3ccccc3)nc2C)C1c1ccc(OC)c(OCC(C)C)c1. The van der Waals surface area contributed by atoms with Crippen molar-refractivity contribution in [3.8, 4) is 22.1 Å². The van der Waals surface area contributed by atoms with Gasteiger partial charge < -0.3 is 24.2 Å². The van der Waals surface area contributed by atoms with Crippen LogP contribution in [0.2, 0.25) is 0 Å². The lowest BCUT2D eigenvalue weighted by Crippen LogP contribution is -2.34. The zero-order chi connectivity index (χ0) is 27.4. The molecule has 1 aromatic heterocycles. The van der Waals surface area contributed by atoms with E-state index in [2.05, 4.69) is 4.98 Å². The van der Waals surface area contributed by atoms with Crippen LogP contribution in [0, 0.1) is 12.8 Å². The second-order valence-electron chi connectivity index (χ2n) is 9.40. The van der Waals surface area contributed by atoms with Crippen LogP contribution >= 0.6 is 11.3 Å². The van der Waals surface area contributed by atoms with Crippen LogP contribution in [0.25, 0.3) is 10.6 Å². The maximum absolute atomic E-state index is 14.0. The summed E-state index contributed by atoms with van der Waals surface area (Å²) in [6.07, 6.45) is 0. The van der Waals surface area contributed by atoms with Crippen molar-refractivity contribution in [1.29, 1.82) is 0 Å². The molecule has 4 rings (SSSR count). The van der Waals surface area contributed by atoms with Gasteiger partial charge in [-0.05, 0) is 30.5 Å². The van der Waals surface area contributed by atoms with Crippen LogP contribution in [0.4, 0.5) is 0 Å². The molecule has 0 saturated heterocycles. The lowest BCUT2D eigenvalue weighted by molar-refractivity contribution is -0.130. The molecule has 2 heterocycles. The highest BCUT2D eigenvalue weighted by Crippen LogP contribution is 2.43. The number of benzene rings is 2. The van der Waals surface area contributed by atoms with E-state index in [4.69, 9.17) is 14.2 Å². The van der Waals surface area contributed by atoms with E-state index in [1.165, 1.54) is 23.3 Å². The number of carbonyl (C=O) groups is 2. The van der Waals surface area contributed by atoms with E-state index in [9.17, 15) is 14.7 Å². The average molecular weight is 537 g/mol. The van der Waals surface area contributed by atoms with Gasteiger partial charge in [0.05, 0.1) is 42.5 Å². The fraction of sp³-hybridized carbons (Fsp3) is 0.345. The monoisotopic (exact) mass is 536 g/mol. The Morgan fingerprint density at radius 1 is 1.13 bits per heavy atom. The van der Waals surface area contributed by atoms with Crippen molar-refractivity contribution in [1.82, 2.24) is 9.88 Å². The van der Waals surface area contributed by atoms with Crippen molar-refractivity contribution in [2.24, 2.45) is 5.92 Å². The van der Waals surface area contributed by atoms with Crippen LogP contribution in [-0.2, 0) is 9.53 Å². The predicted octanol–water partition coefficient (Wildman–Crippen LogP) is 5.39. The van der Waals surface area contributed by atoms with E-state index in [0.29, 0.717) is 39.2 Å². The molecular formula is C29H32N2O6S. The molecule has 0 aliphatic carbocycles. The Hall–Kier alpha value is -3.69. The predicted molar refractivity (Wildman–Crippen MR) is 146 cm³/mol. The van der Waals surface area contributed by atoms with Crippen LogP contribution in [-0.4, -0.2) is 60.7 Å². The van der Waals surface area contributed by atoms with E-state index in [0.717, 1.165) is 5.56 Å². The van der Waals surface area contributed by atoms with Gasteiger partial charge in [0.15, 0.2) is 17.3 Å². The van der Waals surface area contributed by atoms with Crippen LogP contribution in [0.3, 0.4) is 0 Å². The Balaban J connectivity index is 1.79. The number of hydrogen-bond acceptors (Lipinski definition) is 8. The minimum absolute atomic E-state index is 0.0115. The molecule has 1 aliphatic rings. The second kappa shape index (κ2) is 11.8. The number of amides is 1. The van der Waals surface area contributed by atoms with Gasteiger partial charge in [-0.15, -0.1) is 11.3 Å². The number of Topliss-reactive ketones (excluding diaryl/α,β-unsaturated/α-hetero) is 1.